The maximum Gasteiger partial charge on any atom is 0.338 e. The molecule has 1 atom stereocenters. The molecule has 3 aromatic rings. The van der Waals surface area contributed by atoms with Crippen LogP contribution in [0.15, 0.2) is 78.9 Å². The van der Waals surface area contributed by atoms with Crippen molar-refractivity contribution in [3.63, 3.8) is 0 Å². The summed E-state index contributed by atoms with van der Waals surface area (Å²) in [5, 5.41) is 12.1. The smallest absolute Gasteiger partial charge is 0.338 e. The van der Waals surface area contributed by atoms with Gasteiger partial charge in [0, 0.05) is 23.6 Å². The van der Waals surface area contributed by atoms with E-state index in [2.05, 4.69) is 0 Å². The highest BCUT2D eigenvalue weighted by molar-refractivity contribution is 6.35. The molecule has 0 aliphatic carbocycles. The van der Waals surface area contributed by atoms with Crippen LogP contribution in [0.25, 0.3) is 0 Å². The SMILES string of the molecule is COC(c1ccccc1)(c1ccccc1)C(O)C(=O)OCCc1ccc(Cl)cc1Cl. The Morgan fingerprint density at radius 3 is 2.03 bits per heavy atom. The Kier molecular flexibility index (Phi) is 7.51. The second kappa shape index (κ2) is 10.1. The lowest BCUT2D eigenvalue weighted by Gasteiger charge is -2.36. The van der Waals surface area contributed by atoms with Gasteiger partial charge in [-0.25, -0.2) is 4.79 Å². The summed E-state index contributed by atoms with van der Waals surface area (Å²) in [6.07, 6.45) is -1.18. The molecule has 0 radical (unpaired) electrons. The number of aliphatic hydroxyl groups is 1. The van der Waals surface area contributed by atoms with Crippen LogP contribution in [-0.4, -0.2) is 30.9 Å². The van der Waals surface area contributed by atoms with E-state index in [4.69, 9.17) is 32.7 Å². The van der Waals surface area contributed by atoms with Crippen molar-refractivity contribution < 1.29 is 19.4 Å². The standard InChI is InChI=1S/C24H22Cl2O4/c1-29-24(18-8-4-2-5-9-18,19-10-6-3-7-11-19)22(27)23(28)30-15-14-17-12-13-20(25)16-21(17)26/h2-13,16,22,27H,14-15H2,1H3. The van der Waals surface area contributed by atoms with Crippen LogP contribution in [0.4, 0.5) is 0 Å². The van der Waals surface area contributed by atoms with Crippen molar-refractivity contribution >= 4 is 29.2 Å². The minimum atomic E-state index is -1.58. The van der Waals surface area contributed by atoms with E-state index in [9.17, 15) is 9.90 Å². The molecule has 0 saturated carbocycles. The van der Waals surface area contributed by atoms with E-state index in [1.807, 2.05) is 36.4 Å². The van der Waals surface area contributed by atoms with Crippen molar-refractivity contribution in [3.05, 3.63) is 106 Å². The molecule has 0 bridgehead atoms. The minimum absolute atomic E-state index is 0.0562. The number of halogens is 2. The molecule has 0 saturated heterocycles. The quantitative estimate of drug-likeness (QED) is 0.495. The van der Waals surface area contributed by atoms with Gasteiger partial charge in [0.15, 0.2) is 11.7 Å². The Morgan fingerprint density at radius 2 is 1.53 bits per heavy atom. The zero-order valence-electron chi connectivity index (χ0n) is 16.4. The number of benzene rings is 3. The fourth-order valence-electron chi connectivity index (χ4n) is 3.43. The highest BCUT2D eigenvalue weighted by Crippen LogP contribution is 2.37. The third-order valence-corrected chi connectivity index (χ3v) is 5.55. The molecule has 0 aliphatic rings. The van der Waals surface area contributed by atoms with Gasteiger partial charge in [-0.3, -0.25) is 0 Å². The van der Waals surface area contributed by atoms with Gasteiger partial charge in [0.05, 0.1) is 6.61 Å². The Labute approximate surface area is 186 Å². The highest BCUT2D eigenvalue weighted by Gasteiger charge is 2.46. The van der Waals surface area contributed by atoms with Crippen molar-refractivity contribution in [2.75, 3.05) is 13.7 Å². The third kappa shape index (κ3) is 4.68. The third-order valence-electron chi connectivity index (χ3n) is 4.97. The number of ether oxygens (including phenoxy) is 2. The number of methoxy groups -OCH3 is 1. The van der Waals surface area contributed by atoms with Crippen molar-refractivity contribution in [2.24, 2.45) is 0 Å². The summed E-state index contributed by atoms with van der Waals surface area (Å²) >= 11 is 12.1. The van der Waals surface area contributed by atoms with Crippen LogP contribution < -0.4 is 0 Å². The Hall–Kier alpha value is -2.37. The van der Waals surface area contributed by atoms with Crippen LogP contribution >= 0.6 is 23.2 Å². The van der Waals surface area contributed by atoms with Crippen molar-refractivity contribution in [1.29, 1.82) is 0 Å². The van der Waals surface area contributed by atoms with Gasteiger partial charge in [-0.15, -0.1) is 0 Å². The van der Waals surface area contributed by atoms with Gasteiger partial charge in [-0.05, 0) is 28.8 Å². The molecule has 0 heterocycles. The molecule has 6 heteroatoms. The lowest BCUT2D eigenvalue weighted by atomic mass is 9.81. The van der Waals surface area contributed by atoms with E-state index >= 15 is 0 Å². The Bertz CT molecular complexity index is 938. The zero-order chi connectivity index (χ0) is 21.6. The van der Waals surface area contributed by atoms with Gasteiger partial charge in [0.1, 0.15) is 0 Å². The summed E-state index contributed by atoms with van der Waals surface area (Å²) in [5.74, 6) is -0.783. The van der Waals surface area contributed by atoms with Crippen LogP contribution in [0.5, 0.6) is 0 Å². The maximum absolute atomic E-state index is 12.8. The number of esters is 1. The lowest BCUT2D eigenvalue weighted by Crippen LogP contribution is -2.48. The maximum atomic E-state index is 12.8. The van der Waals surface area contributed by atoms with Crippen LogP contribution in [0.2, 0.25) is 10.0 Å². The van der Waals surface area contributed by atoms with Crippen LogP contribution in [-0.2, 0) is 26.3 Å². The van der Waals surface area contributed by atoms with Gasteiger partial charge in [-0.1, -0.05) is 89.9 Å². The van der Waals surface area contributed by atoms with E-state index in [0.29, 0.717) is 27.6 Å². The normalized spacial score (nSPS) is 12.4. The first-order valence-corrected chi connectivity index (χ1v) is 10.2. The van der Waals surface area contributed by atoms with Crippen molar-refractivity contribution in [1.82, 2.24) is 0 Å². The summed E-state index contributed by atoms with van der Waals surface area (Å²) in [5.41, 5.74) is 0.678. The van der Waals surface area contributed by atoms with E-state index in [0.717, 1.165) is 5.56 Å². The lowest BCUT2D eigenvalue weighted by molar-refractivity contribution is -0.170. The number of hydrogen-bond donors (Lipinski definition) is 1. The monoisotopic (exact) mass is 444 g/mol. The van der Waals surface area contributed by atoms with Gasteiger partial charge >= 0.3 is 5.97 Å². The van der Waals surface area contributed by atoms with Gasteiger partial charge in [-0.2, -0.15) is 0 Å². The first-order valence-electron chi connectivity index (χ1n) is 9.44. The van der Waals surface area contributed by atoms with Gasteiger partial charge < -0.3 is 14.6 Å². The van der Waals surface area contributed by atoms with Crippen LogP contribution in [0.3, 0.4) is 0 Å². The average Bonchev–Trinajstić information content (AvgIpc) is 2.77. The summed E-state index contributed by atoms with van der Waals surface area (Å²) in [6.45, 7) is 0.0562. The fraction of sp³-hybridized carbons (Fsp3) is 0.208. The molecule has 0 fully saturated rings. The Morgan fingerprint density at radius 1 is 0.967 bits per heavy atom. The molecule has 4 nitrogen and oxygen atoms in total. The molecular formula is C24H22Cl2O4. The number of carbonyl (C=O) groups excluding carboxylic acids is 1. The number of aliphatic hydroxyl groups excluding tert-OH is 1. The molecule has 0 amide bonds. The molecule has 0 aromatic heterocycles. The van der Waals surface area contributed by atoms with Gasteiger partial charge in [0.25, 0.3) is 0 Å². The first-order chi connectivity index (χ1) is 14.5. The molecule has 1 N–H and O–H groups in total. The van der Waals surface area contributed by atoms with Gasteiger partial charge in [0.2, 0.25) is 0 Å². The zero-order valence-corrected chi connectivity index (χ0v) is 17.9. The second-order valence-corrected chi connectivity index (χ2v) is 7.57. The molecule has 3 rings (SSSR count). The fourth-order valence-corrected chi connectivity index (χ4v) is 3.94. The average molecular weight is 445 g/mol. The highest BCUT2D eigenvalue weighted by atomic mass is 35.5. The molecule has 156 valence electrons. The molecular weight excluding hydrogens is 423 g/mol. The Balaban J connectivity index is 1.82. The predicted octanol–water partition coefficient (Wildman–Crippen LogP) is 5.03. The molecule has 3 aromatic carbocycles. The summed E-state index contributed by atoms with van der Waals surface area (Å²) < 4.78 is 11.2. The molecule has 30 heavy (non-hydrogen) atoms. The number of rotatable bonds is 8. The predicted molar refractivity (Wildman–Crippen MR) is 118 cm³/mol. The van der Waals surface area contributed by atoms with Crippen molar-refractivity contribution in [2.45, 2.75) is 18.1 Å². The first kappa shape index (κ1) is 22.3. The van der Waals surface area contributed by atoms with E-state index < -0.39 is 17.7 Å². The van der Waals surface area contributed by atoms with E-state index in [1.54, 1.807) is 42.5 Å². The summed E-state index contributed by atoms with van der Waals surface area (Å²) in [6, 6.07) is 23.4. The van der Waals surface area contributed by atoms with E-state index in [-0.39, 0.29) is 6.61 Å². The summed E-state index contributed by atoms with van der Waals surface area (Å²) in [4.78, 5) is 12.8. The van der Waals surface area contributed by atoms with Crippen LogP contribution in [0.1, 0.15) is 16.7 Å². The summed E-state index contributed by atoms with van der Waals surface area (Å²) in [7, 11) is 1.46. The number of carbonyl (C=O) groups is 1. The second-order valence-electron chi connectivity index (χ2n) is 6.73. The largest absolute Gasteiger partial charge is 0.463 e. The van der Waals surface area contributed by atoms with E-state index in [1.165, 1.54) is 7.11 Å². The number of hydrogen-bond acceptors (Lipinski definition) is 4. The van der Waals surface area contributed by atoms with Crippen LogP contribution in [0, 0.1) is 0 Å². The molecule has 0 spiro atoms. The molecule has 0 aliphatic heterocycles. The van der Waals surface area contributed by atoms with Crippen molar-refractivity contribution in [3.8, 4) is 0 Å². The molecule has 1 unspecified atom stereocenters. The minimum Gasteiger partial charge on any atom is -0.463 e. The topological polar surface area (TPSA) is 55.8 Å².